The van der Waals surface area contributed by atoms with E-state index in [0.717, 1.165) is 16.8 Å². The average Bonchev–Trinajstić information content (AvgIpc) is 3.15. The first-order valence-corrected chi connectivity index (χ1v) is 11.7. The van der Waals surface area contributed by atoms with Gasteiger partial charge in [-0.25, -0.2) is 4.99 Å². The standard InChI is InChI=1S/C27H26N2O3S/c1-4-32-25-21(14-11-17-23(25)31-3)18-24-26(30)29(19(2)20-12-7-5-8-13-20)27(33-24)28-22-15-9-6-10-16-22/h5-19H,4H2,1-3H3/b24-18+,28-27?/t19-/m0/s1. The minimum absolute atomic E-state index is 0.0868. The van der Waals surface area contributed by atoms with Crippen LogP contribution in [0.4, 0.5) is 5.69 Å². The van der Waals surface area contributed by atoms with Gasteiger partial charge in [-0.2, -0.15) is 0 Å². The number of para-hydroxylation sites is 2. The van der Waals surface area contributed by atoms with E-state index in [1.165, 1.54) is 11.8 Å². The van der Waals surface area contributed by atoms with E-state index in [1.807, 2.05) is 98.8 Å². The van der Waals surface area contributed by atoms with Crippen LogP contribution < -0.4 is 9.47 Å². The van der Waals surface area contributed by atoms with Crippen LogP contribution in [-0.2, 0) is 4.79 Å². The highest BCUT2D eigenvalue weighted by Gasteiger charge is 2.37. The summed E-state index contributed by atoms with van der Waals surface area (Å²) in [5.41, 5.74) is 2.64. The van der Waals surface area contributed by atoms with Gasteiger partial charge in [0, 0.05) is 5.56 Å². The molecule has 33 heavy (non-hydrogen) atoms. The maximum atomic E-state index is 13.6. The van der Waals surface area contributed by atoms with Gasteiger partial charge in [0.15, 0.2) is 16.7 Å². The Hall–Kier alpha value is -3.51. The fraction of sp³-hybridized carbons (Fsp3) is 0.185. The van der Waals surface area contributed by atoms with Crippen LogP contribution in [0.1, 0.15) is 31.0 Å². The zero-order chi connectivity index (χ0) is 23.2. The zero-order valence-corrected chi connectivity index (χ0v) is 19.7. The van der Waals surface area contributed by atoms with E-state index in [0.29, 0.717) is 28.2 Å². The molecule has 0 bridgehead atoms. The maximum Gasteiger partial charge on any atom is 0.267 e. The molecule has 1 aliphatic rings. The lowest BCUT2D eigenvalue weighted by Gasteiger charge is -2.24. The van der Waals surface area contributed by atoms with Crippen molar-refractivity contribution in [2.45, 2.75) is 19.9 Å². The van der Waals surface area contributed by atoms with Crippen molar-refractivity contribution < 1.29 is 14.3 Å². The van der Waals surface area contributed by atoms with E-state index in [4.69, 9.17) is 14.5 Å². The second-order valence-corrected chi connectivity index (χ2v) is 8.42. The Balaban J connectivity index is 1.78. The number of carbonyl (C=O) groups is 1. The predicted octanol–water partition coefficient (Wildman–Crippen LogP) is 6.46. The molecule has 3 aromatic rings. The largest absolute Gasteiger partial charge is 0.493 e. The van der Waals surface area contributed by atoms with Crippen molar-refractivity contribution in [2.24, 2.45) is 4.99 Å². The predicted molar refractivity (Wildman–Crippen MR) is 135 cm³/mol. The summed E-state index contributed by atoms with van der Waals surface area (Å²) in [7, 11) is 1.61. The SMILES string of the molecule is CCOc1c(/C=C2/SC(=Nc3ccccc3)N([C@@H](C)c3ccccc3)C2=O)cccc1OC. The van der Waals surface area contributed by atoms with Crippen LogP contribution in [0.5, 0.6) is 11.5 Å². The van der Waals surface area contributed by atoms with Crippen LogP contribution in [-0.4, -0.2) is 29.7 Å². The molecule has 0 aromatic heterocycles. The zero-order valence-electron chi connectivity index (χ0n) is 18.9. The minimum atomic E-state index is -0.170. The van der Waals surface area contributed by atoms with E-state index in [9.17, 15) is 4.79 Å². The van der Waals surface area contributed by atoms with Gasteiger partial charge in [0.25, 0.3) is 5.91 Å². The number of methoxy groups -OCH3 is 1. The number of amides is 1. The molecule has 0 unspecified atom stereocenters. The smallest absolute Gasteiger partial charge is 0.267 e. The summed E-state index contributed by atoms with van der Waals surface area (Å²) in [6, 6.07) is 25.2. The highest BCUT2D eigenvalue weighted by molar-refractivity contribution is 8.18. The first kappa shape index (κ1) is 22.7. The molecule has 1 atom stereocenters. The Morgan fingerprint density at radius 2 is 1.70 bits per heavy atom. The molecule has 1 heterocycles. The molecule has 168 valence electrons. The van der Waals surface area contributed by atoms with E-state index in [1.54, 1.807) is 12.0 Å². The van der Waals surface area contributed by atoms with Gasteiger partial charge >= 0.3 is 0 Å². The van der Waals surface area contributed by atoms with E-state index < -0.39 is 0 Å². The third kappa shape index (κ3) is 4.96. The van der Waals surface area contributed by atoms with Crippen molar-refractivity contribution in [1.29, 1.82) is 0 Å². The van der Waals surface area contributed by atoms with Crippen molar-refractivity contribution in [2.75, 3.05) is 13.7 Å². The molecule has 5 nitrogen and oxygen atoms in total. The number of hydrogen-bond acceptors (Lipinski definition) is 5. The first-order valence-electron chi connectivity index (χ1n) is 10.8. The van der Waals surface area contributed by atoms with Crippen molar-refractivity contribution in [3.8, 4) is 11.5 Å². The fourth-order valence-corrected chi connectivity index (χ4v) is 4.71. The number of amidine groups is 1. The summed E-state index contributed by atoms with van der Waals surface area (Å²) in [6.07, 6.45) is 1.86. The van der Waals surface area contributed by atoms with Crippen LogP contribution >= 0.6 is 11.8 Å². The van der Waals surface area contributed by atoms with Gasteiger partial charge in [-0.05, 0) is 55.4 Å². The van der Waals surface area contributed by atoms with Gasteiger partial charge in [0.2, 0.25) is 0 Å². The summed E-state index contributed by atoms with van der Waals surface area (Å²) in [6.45, 7) is 4.44. The number of ether oxygens (including phenoxy) is 2. The van der Waals surface area contributed by atoms with Gasteiger partial charge in [-0.15, -0.1) is 0 Å². The Morgan fingerprint density at radius 3 is 2.36 bits per heavy atom. The molecule has 0 N–H and O–H groups in total. The number of thioether (sulfide) groups is 1. The average molecular weight is 459 g/mol. The molecular formula is C27H26N2O3S. The van der Waals surface area contributed by atoms with Gasteiger partial charge in [0.1, 0.15) is 0 Å². The van der Waals surface area contributed by atoms with Crippen LogP contribution in [0.15, 0.2) is 88.8 Å². The van der Waals surface area contributed by atoms with Crippen LogP contribution in [0, 0.1) is 0 Å². The topological polar surface area (TPSA) is 51.1 Å². The van der Waals surface area contributed by atoms with Gasteiger partial charge in [0.05, 0.1) is 30.4 Å². The Bertz CT molecular complexity index is 1180. The highest BCUT2D eigenvalue weighted by atomic mass is 32.2. The van der Waals surface area contributed by atoms with Gasteiger partial charge in [-0.3, -0.25) is 9.69 Å². The molecular weight excluding hydrogens is 432 g/mol. The van der Waals surface area contributed by atoms with Gasteiger partial charge in [-0.1, -0.05) is 60.7 Å². The molecule has 0 saturated carbocycles. The Morgan fingerprint density at radius 1 is 1.00 bits per heavy atom. The number of rotatable bonds is 7. The van der Waals surface area contributed by atoms with Crippen LogP contribution in [0.2, 0.25) is 0 Å². The van der Waals surface area contributed by atoms with E-state index >= 15 is 0 Å². The monoisotopic (exact) mass is 458 g/mol. The summed E-state index contributed by atoms with van der Waals surface area (Å²) in [4.78, 5) is 20.8. The summed E-state index contributed by atoms with van der Waals surface area (Å²) in [5.74, 6) is 1.17. The fourth-order valence-electron chi connectivity index (χ4n) is 3.65. The van der Waals surface area contributed by atoms with Crippen molar-refractivity contribution >= 4 is 34.6 Å². The lowest BCUT2D eigenvalue weighted by molar-refractivity contribution is -0.123. The van der Waals surface area contributed by atoms with E-state index in [-0.39, 0.29) is 11.9 Å². The van der Waals surface area contributed by atoms with Crippen molar-refractivity contribution in [3.05, 3.63) is 94.9 Å². The highest BCUT2D eigenvalue weighted by Crippen LogP contribution is 2.41. The molecule has 3 aromatic carbocycles. The molecule has 6 heteroatoms. The molecule has 0 spiro atoms. The second-order valence-electron chi connectivity index (χ2n) is 7.41. The minimum Gasteiger partial charge on any atom is -0.493 e. The molecule has 4 rings (SSSR count). The number of hydrogen-bond donors (Lipinski definition) is 0. The second kappa shape index (κ2) is 10.4. The summed E-state index contributed by atoms with van der Waals surface area (Å²) in [5, 5.41) is 0.648. The first-order chi connectivity index (χ1) is 16.1. The van der Waals surface area contributed by atoms with Crippen molar-refractivity contribution in [3.63, 3.8) is 0 Å². The lowest BCUT2D eigenvalue weighted by atomic mass is 10.1. The number of nitrogens with zero attached hydrogens (tertiary/aromatic N) is 2. The number of carbonyl (C=O) groups excluding carboxylic acids is 1. The molecule has 1 fully saturated rings. The Labute approximate surface area is 198 Å². The van der Waals surface area contributed by atoms with Crippen LogP contribution in [0.25, 0.3) is 6.08 Å². The van der Waals surface area contributed by atoms with Gasteiger partial charge < -0.3 is 9.47 Å². The molecule has 1 aliphatic heterocycles. The van der Waals surface area contributed by atoms with E-state index in [2.05, 4.69) is 0 Å². The lowest BCUT2D eigenvalue weighted by Crippen LogP contribution is -2.32. The molecule has 1 saturated heterocycles. The van der Waals surface area contributed by atoms with Crippen LogP contribution in [0.3, 0.4) is 0 Å². The quantitative estimate of drug-likeness (QED) is 0.381. The summed E-state index contributed by atoms with van der Waals surface area (Å²) >= 11 is 1.37. The number of benzene rings is 3. The third-order valence-electron chi connectivity index (χ3n) is 5.29. The maximum absolute atomic E-state index is 13.6. The Kier molecular flexibility index (Phi) is 7.15. The third-order valence-corrected chi connectivity index (χ3v) is 6.27. The van der Waals surface area contributed by atoms with Crippen molar-refractivity contribution in [1.82, 2.24) is 4.90 Å². The molecule has 1 amide bonds. The normalized spacial score (nSPS) is 16.9. The summed E-state index contributed by atoms with van der Waals surface area (Å²) < 4.78 is 11.3. The number of aliphatic imine (C=N–C) groups is 1. The molecule has 0 aliphatic carbocycles. The molecule has 0 radical (unpaired) electrons.